The number of benzene rings is 1. The predicted molar refractivity (Wildman–Crippen MR) is 97.6 cm³/mol. The second-order valence-corrected chi connectivity index (χ2v) is 9.20. The van der Waals surface area contributed by atoms with Gasteiger partial charge in [-0.2, -0.15) is 17.0 Å². The monoisotopic (exact) mass is 380 g/mol. The molecule has 0 bridgehead atoms. The van der Waals surface area contributed by atoms with E-state index in [1.807, 2.05) is 30.3 Å². The van der Waals surface area contributed by atoms with E-state index in [1.165, 1.54) is 34.0 Å². The van der Waals surface area contributed by atoms with Crippen LogP contribution in [0.3, 0.4) is 0 Å². The molecule has 1 aliphatic rings. The van der Waals surface area contributed by atoms with Crippen molar-refractivity contribution in [3.63, 3.8) is 0 Å². The molecule has 2 heterocycles. The zero-order chi connectivity index (χ0) is 18.0. The summed E-state index contributed by atoms with van der Waals surface area (Å²) < 4.78 is 27.1. The number of nitrogens with zero attached hydrogens (tertiary/aromatic N) is 3. The van der Waals surface area contributed by atoms with Crippen LogP contribution in [0.25, 0.3) is 0 Å². The number of amides is 1. The first-order valence-corrected chi connectivity index (χ1v) is 10.1. The number of carbonyl (C=O) groups is 1. The third-order valence-electron chi connectivity index (χ3n) is 3.94. The van der Waals surface area contributed by atoms with Crippen molar-refractivity contribution in [3.05, 3.63) is 46.5 Å². The highest BCUT2D eigenvalue weighted by atomic mass is 32.2. The van der Waals surface area contributed by atoms with Crippen LogP contribution >= 0.6 is 11.3 Å². The summed E-state index contributed by atoms with van der Waals surface area (Å²) in [6, 6.07) is 9.49. The second-order valence-electron chi connectivity index (χ2n) is 5.97. The van der Waals surface area contributed by atoms with Crippen LogP contribution in [0.1, 0.15) is 16.1 Å². The van der Waals surface area contributed by atoms with E-state index in [1.54, 1.807) is 0 Å². The lowest BCUT2D eigenvalue weighted by molar-refractivity contribution is -0.115. The average molecular weight is 380 g/mol. The Labute approximate surface area is 151 Å². The van der Waals surface area contributed by atoms with Crippen molar-refractivity contribution in [1.82, 2.24) is 13.6 Å². The molecule has 0 unspecified atom stereocenters. The normalized spacial score (nSPS) is 15.2. The molecule has 0 saturated heterocycles. The standard InChI is InChI=1S/C16H20N4O3S2/c1-19(2)25(22,23)20-9-8-13-14(11-20)24-16(17-13)18-15(21)10-12-6-4-3-5-7-12/h3-7H,8-11H2,1-2H3,(H,17,18,21). The molecule has 3 rings (SSSR count). The Kier molecular flexibility index (Phi) is 5.19. The number of nitrogens with one attached hydrogen (secondary N) is 1. The van der Waals surface area contributed by atoms with E-state index < -0.39 is 10.2 Å². The summed E-state index contributed by atoms with van der Waals surface area (Å²) in [5.74, 6) is -0.130. The Morgan fingerprint density at radius 3 is 2.72 bits per heavy atom. The molecule has 9 heteroatoms. The Morgan fingerprint density at radius 2 is 2.04 bits per heavy atom. The summed E-state index contributed by atoms with van der Waals surface area (Å²) in [5, 5.41) is 3.34. The highest BCUT2D eigenvalue weighted by molar-refractivity contribution is 7.86. The number of anilines is 1. The van der Waals surface area contributed by atoms with Gasteiger partial charge in [0, 0.05) is 31.9 Å². The van der Waals surface area contributed by atoms with Gasteiger partial charge in [-0.1, -0.05) is 30.3 Å². The molecule has 0 atom stereocenters. The largest absolute Gasteiger partial charge is 0.302 e. The molecule has 2 aromatic rings. The van der Waals surface area contributed by atoms with Gasteiger partial charge in [0.25, 0.3) is 10.2 Å². The molecule has 0 radical (unpaired) electrons. The number of aromatic nitrogens is 1. The van der Waals surface area contributed by atoms with E-state index in [-0.39, 0.29) is 12.3 Å². The third kappa shape index (κ3) is 4.06. The summed E-state index contributed by atoms with van der Waals surface area (Å²) in [4.78, 5) is 17.5. The van der Waals surface area contributed by atoms with Crippen molar-refractivity contribution < 1.29 is 13.2 Å². The van der Waals surface area contributed by atoms with Gasteiger partial charge in [-0.3, -0.25) is 4.79 Å². The Morgan fingerprint density at radius 1 is 1.32 bits per heavy atom. The lowest BCUT2D eigenvalue weighted by Gasteiger charge is -2.27. The number of hydrogen-bond donors (Lipinski definition) is 1. The number of fused-ring (bicyclic) bond motifs is 1. The van der Waals surface area contributed by atoms with Gasteiger partial charge < -0.3 is 5.32 Å². The molecule has 1 aliphatic heterocycles. The van der Waals surface area contributed by atoms with Gasteiger partial charge in [-0.25, -0.2) is 4.98 Å². The maximum Gasteiger partial charge on any atom is 0.281 e. The zero-order valence-electron chi connectivity index (χ0n) is 14.1. The van der Waals surface area contributed by atoms with Gasteiger partial charge in [-0.15, -0.1) is 11.3 Å². The highest BCUT2D eigenvalue weighted by Crippen LogP contribution is 2.29. The average Bonchev–Trinajstić information content (AvgIpc) is 2.96. The molecule has 1 aromatic carbocycles. The maximum atomic E-state index is 12.2. The van der Waals surface area contributed by atoms with Gasteiger partial charge in [0.2, 0.25) is 5.91 Å². The fourth-order valence-electron chi connectivity index (χ4n) is 2.60. The second kappa shape index (κ2) is 7.20. The van der Waals surface area contributed by atoms with Crippen LogP contribution < -0.4 is 5.32 Å². The number of carbonyl (C=O) groups excluding carboxylic acids is 1. The fraction of sp³-hybridized carbons (Fsp3) is 0.375. The van der Waals surface area contributed by atoms with Crippen LogP contribution in [0.5, 0.6) is 0 Å². The predicted octanol–water partition coefficient (Wildman–Crippen LogP) is 1.49. The Hall–Kier alpha value is -1.81. The zero-order valence-corrected chi connectivity index (χ0v) is 15.7. The smallest absolute Gasteiger partial charge is 0.281 e. The minimum atomic E-state index is -3.44. The third-order valence-corrected chi connectivity index (χ3v) is 6.82. The molecule has 0 aliphatic carbocycles. The molecule has 7 nitrogen and oxygen atoms in total. The van der Waals surface area contributed by atoms with Crippen LogP contribution in [0.15, 0.2) is 30.3 Å². The van der Waals surface area contributed by atoms with Crippen LogP contribution in [-0.4, -0.2) is 48.6 Å². The lowest BCUT2D eigenvalue weighted by Crippen LogP contribution is -2.42. The van der Waals surface area contributed by atoms with Crippen molar-refractivity contribution in [2.24, 2.45) is 0 Å². The van der Waals surface area contributed by atoms with Crippen molar-refractivity contribution in [1.29, 1.82) is 0 Å². The molecule has 0 saturated carbocycles. The SMILES string of the molecule is CN(C)S(=O)(=O)N1CCc2nc(NC(=O)Cc3ccccc3)sc2C1. The molecular weight excluding hydrogens is 360 g/mol. The van der Waals surface area contributed by atoms with Crippen LogP contribution in [0, 0.1) is 0 Å². The molecule has 25 heavy (non-hydrogen) atoms. The van der Waals surface area contributed by atoms with Crippen molar-refractivity contribution in [2.75, 3.05) is 26.0 Å². The fourth-order valence-corrected chi connectivity index (χ4v) is 4.80. The molecule has 1 amide bonds. The highest BCUT2D eigenvalue weighted by Gasteiger charge is 2.30. The summed E-state index contributed by atoms with van der Waals surface area (Å²) in [5.41, 5.74) is 1.80. The molecule has 134 valence electrons. The quantitative estimate of drug-likeness (QED) is 0.852. The molecule has 0 fully saturated rings. The maximum absolute atomic E-state index is 12.2. The lowest BCUT2D eigenvalue weighted by atomic mass is 10.1. The molecule has 1 N–H and O–H groups in total. The van der Waals surface area contributed by atoms with Gasteiger partial charge in [0.05, 0.1) is 18.7 Å². The topological polar surface area (TPSA) is 82.6 Å². The summed E-state index contributed by atoms with van der Waals surface area (Å²) in [6.07, 6.45) is 0.833. The van der Waals surface area contributed by atoms with Gasteiger partial charge >= 0.3 is 0 Å². The van der Waals surface area contributed by atoms with Gasteiger partial charge in [0.15, 0.2) is 5.13 Å². The van der Waals surface area contributed by atoms with Crippen LogP contribution in [-0.2, 0) is 34.4 Å². The van der Waals surface area contributed by atoms with Gasteiger partial charge in [-0.05, 0) is 5.56 Å². The van der Waals surface area contributed by atoms with E-state index >= 15 is 0 Å². The van der Waals surface area contributed by atoms with Crippen molar-refractivity contribution in [2.45, 2.75) is 19.4 Å². The molecule has 1 aromatic heterocycles. The molecular formula is C16H20N4O3S2. The summed E-state index contributed by atoms with van der Waals surface area (Å²) in [7, 11) is -0.398. The first kappa shape index (κ1) is 18.0. The number of rotatable bonds is 5. The number of thiazole rings is 1. The van der Waals surface area contributed by atoms with E-state index in [9.17, 15) is 13.2 Å². The Balaban J connectivity index is 1.67. The summed E-state index contributed by atoms with van der Waals surface area (Å²) in [6.45, 7) is 0.691. The van der Waals surface area contributed by atoms with E-state index in [4.69, 9.17) is 0 Å². The van der Waals surface area contributed by atoms with Crippen molar-refractivity contribution in [3.8, 4) is 0 Å². The summed E-state index contributed by atoms with van der Waals surface area (Å²) >= 11 is 1.34. The van der Waals surface area contributed by atoms with Crippen molar-refractivity contribution >= 4 is 32.6 Å². The Bertz CT molecular complexity index is 863. The van der Waals surface area contributed by atoms with Crippen LogP contribution in [0.4, 0.5) is 5.13 Å². The van der Waals surface area contributed by atoms with Gasteiger partial charge in [0.1, 0.15) is 0 Å². The van der Waals surface area contributed by atoms with E-state index in [0.717, 1.165) is 16.1 Å². The van der Waals surface area contributed by atoms with E-state index in [0.29, 0.717) is 24.6 Å². The minimum Gasteiger partial charge on any atom is -0.302 e. The van der Waals surface area contributed by atoms with Crippen LogP contribution in [0.2, 0.25) is 0 Å². The number of hydrogen-bond acceptors (Lipinski definition) is 5. The van der Waals surface area contributed by atoms with E-state index in [2.05, 4.69) is 10.3 Å². The minimum absolute atomic E-state index is 0.130. The first-order chi connectivity index (χ1) is 11.9. The molecule has 0 spiro atoms. The first-order valence-electron chi connectivity index (χ1n) is 7.86.